The summed E-state index contributed by atoms with van der Waals surface area (Å²) in [6.45, 7) is 1.92. The monoisotopic (exact) mass is 297 g/mol. The Morgan fingerprint density at radius 3 is 2.37 bits per heavy atom. The molecule has 0 aliphatic rings. The molecular formula is C13H15NO3S2. The smallest absolute Gasteiger partial charge is 0.138 e. The molecule has 0 radical (unpaired) electrons. The molecule has 0 N–H and O–H groups in total. The molecule has 0 spiro atoms. The van der Waals surface area contributed by atoms with E-state index in [-0.39, 0.29) is 0 Å². The number of methoxy groups -OCH3 is 2. The van der Waals surface area contributed by atoms with Crippen molar-refractivity contribution in [2.24, 2.45) is 0 Å². The molecule has 0 amide bonds. The molecule has 2 aromatic rings. The van der Waals surface area contributed by atoms with Gasteiger partial charge in [-0.1, -0.05) is 6.07 Å². The van der Waals surface area contributed by atoms with Gasteiger partial charge in [0.1, 0.15) is 21.4 Å². The minimum Gasteiger partial charge on any atom is -0.495 e. The topological polar surface area (TPSA) is 48.4 Å². The van der Waals surface area contributed by atoms with Gasteiger partial charge in [-0.2, -0.15) is 0 Å². The molecule has 102 valence electrons. The van der Waals surface area contributed by atoms with Crippen LogP contribution in [0.15, 0.2) is 28.5 Å². The molecule has 0 fully saturated rings. The van der Waals surface area contributed by atoms with E-state index in [0.717, 1.165) is 10.7 Å². The first kappa shape index (κ1) is 14.0. The van der Waals surface area contributed by atoms with Crippen LogP contribution in [0.2, 0.25) is 0 Å². The Kier molecular flexibility index (Phi) is 4.55. The Morgan fingerprint density at radius 1 is 1.26 bits per heavy atom. The molecule has 0 aliphatic carbocycles. The van der Waals surface area contributed by atoms with Gasteiger partial charge in [0.15, 0.2) is 0 Å². The highest BCUT2D eigenvalue weighted by atomic mass is 32.2. The van der Waals surface area contributed by atoms with E-state index in [2.05, 4.69) is 4.98 Å². The van der Waals surface area contributed by atoms with Crippen LogP contribution in [0.1, 0.15) is 10.7 Å². The Bertz CT molecular complexity index is 573. The molecule has 0 saturated carbocycles. The first-order valence-electron chi connectivity index (χ1n) is 5.66. The molecule has 1 heterocycles. The number of rotatable bonds is 5. The molecule has 19 heavy (non-hydrogen) atoms. The number of ether oxygens (including phenoxy) is 2. The van der Waals surface area contributed by atoms with Crippen molar-refractivity contribution in [2.45, 2.75) is 17.6 Å². The van der Waals surface area contributed by atoms with E-state index in [0.29, 0.717) is 22.1 Å². The first-order valence-corrected chi connectivity index (χ1v) is 7.86. The van der Waals surface area contributed by atoms with E-state index in [1.165, 1.54) is 11.3 Å². The van der Waals surface area contributed by atoms with Gasteiger partial charge < -0.3 is 9.47 Å². The lowest BCUT2D eigenvalue weighted by molar-refractivity contribution is 0.375. The molecule has 1 aromatic carbocycles. The standard InChI is InChI=1S/C13H15NO3S2/c1-9-7-18-12(14-9)8-19(15)13-10(16-2)5-4-6-11(13)17-3/h4-7H,8H2,1-3H3/t19-/m1/s1. The fourth-order valence-corrected chi connectivity index (χ4v) is 4.03. The van der Waals surface area contributed by atoms with Crippen molar-refractivity contribution >= 4 is 22.1 Å². The molecular weight excluding hydrogens is 282 g/mol. The predicted molar refractivity (Wildman–Crippen MR) is 76.5 cm³/mol. The molecule has 4 nitrogen and oxygen atoms in total. The first-order chi connectivity index (χ1) is 9.15. The van der Waals surface area contributed by atoms with E-state index < -0.39 is 10.8 Å². The quantitative estimate of drug-likeness (QED) is 0.851. The number of benzene rings is 1. The van der Waals surface area contributed by atoms with Crippen LogP contribution in [-0.2, 0) is 16.6 Å². The van der Waals surface area contributed by atoms with Gasteiger partial charge in [0.05, 0.1) is 30.8 Å². The second-order valence-electron chi connectivity index (χ2n) is 3.86. The SMILES string of the molecule is COc1cccc(OC)c1[S@](=O)Cc1nc(C)cs1. The van der Waals surface area contributed by atoms with Crippen molar-refractivity contribution < 1.29 is 13.7 Å². The second-order valence-corrected chi connectivity index (χ2v) is 6.19. The molecule has 1 aromatic heterocycles. The summed E-state index contributed by atoms with van der Waals surface area (Å²) in [5, 5.41) is 2.80. The average Bonchev–Trinajstić information content (AvgIpc) is 2.82. The van der Waals surface area contributed by atoms with Gasteiger partial charge >= 0.3 is 0 Å². The summed E-state index contributed by atoms with van der Waals surface area (Å²) in [5.41, 5.74) is 0.948. The van der Waals surface area contributed by atoms with Crippen LogP contribution < -0.4 is 9.47 Å². The molecule has 0 unspecified atom stereocenters. The number of aryl methyl sites for hydroxylation is 1. The number of thiazole rings is 1. The lowest BCUT2D eigenvalue weighted by Gasteiger charge is -2.11. The zero-order valence-corrected chi connectivity index (χ0v) is 12.6. The van der Waals surface area contributed by atoms with Crippen LogP contribution in [0, 0.1) is 6.92 Å². The summed E-state index contributed by atoms with van der Waals surface area (Å²) in [7, 11) is 1.87. The van der Waals surface area contributed by atoms with Gasteiger partial charge in [-0.05, 0) is 19.1 Å². The summed E-state index contributed by atoms with van der Waals surface area (Å²) in [5.74, 6) is 1.52. The van der Waals surface area contributed by atoms with E-state index in [9.17, 15) is 4.21 Å². The fourth-order valence-electron chi connectivity index (χ4n) is 1.69. The number of aromatic nitrogens is 1. The highest BCUT2D eigenvalue weighted by Gasteiger charge is 2.18. The molecule has 1 atom stereocenters. The Hall–Kier alpha value is -1.40. The van der Waals surface area contributed by atoms with Gasteiger partial charge in [-0.3, -0.25) is 4.21 Å². The van der Waals surface area contributed by atoms with Gasteiger partial charge in [0.2, 0.25) is 0 Å². The summed E-state index contributed by atoms with van der Waals surface area (Å²) in [6.07, 6.45) is 0. The minimum absolute atomic E-state index is 0.370. The van der Waals surface area contributed by atoms with Crippen LogP contribution in [0.25, 0.3) is 0 Å². The average molecular weight is 297 g/mol. The third kappa shape index (κ3) is 3.13. The van der Waals surface area contributed by atoms with Gasteiger partial charge in [0, 0.05) is 11.1 Å². The van der Waals surface area contributed by atoms with Crippen LogP contribution in [0.5, 0.6) is 11.5 Å². The molecule has 0 saturated heterocycles. The zero-order valence-electron chi connectivity index (χ0n) is 11.0. The molecule has 0 bridgehead atoms. The van der Waals surface area contributed by atoms with Gasteiger partial charge in [-0.25, -0.2) is 4.98 Å². The van der Waals surface area contributed by atoms with Crippen LogP contribution in [0.3, 0.4) is 0 Å². The van der Waals surface area contributed by atoms with Crippen LogP contribution in [-0.4, -0.2) is 23.4 Å². The highest BCUT2D eigenvalue weighted by molar-refractivity contribution is 7.84. The number of hydrogen-bond donors (Lipinski definition) is 0. The summed E-state index contributed by atoms with van der Waals surface area (Å²) in [6, 6.07) is 5.37. The van der Waals surface area contributed by atoms with Crippen LogP contribution >= 0.6 is 11.3 Å². The van der Waals surface area contributed by atoms with Crippen molar-refractivity contribution in [1.29, 1.82) is 0 Å². The van der Waals surface area contributed by atoms with Crippen molar-refractivity contribution in [3.8, 4) is 11.5 Å². The van der Waals surface area contributed by atoms with Crippen molar-refractivity contribution in [3.63, 3.8) is 0 Å². The minimum atomic E-state index is -1.25. The largest absolute Gasteiger partial charge is 0.495 e. The van der Waals surface area contributed by atoms with E-state index in [1.54, 1.807) is 26.4 Å². The van der Waals surface area contributed by atoms with E-state index >= 15 is 0 Å². The predicted octanol–water partition coefficient (Wildman–Crippen LogP) is 2.78. The highest BCUT2D eigenvalue weighted by Crippen LogP contribution is 2.33. The second kappa shape index (κ2) is 6.16. The lowest BCUT2D eigenvalue weighted by Crippen LogP contribution is -2.02. The maximum atomic E-state index is 12.5. The number of nitrogens with zero attached hydrogens (tertiary/aromatic N) is 1. The van der Waals surface area contributed by atoms with Crippen LogP contribution in [0.4, 0.5) is 0 Å². The third-order valence-corrected chi connectivity index (χ3v) is 5.07. The third-order valence-electron chi connectivity index (χ3n) is 2.53. The maximum Gasteiger partial charge on any atom is 0.138 e. The van der Waals surface area contributed by atoms with Gasteiger partial charge in [-0.15, -0.1) is 11.3 Å². The summed E-state index contributed by atoms with van der Waals surface area (Å²) in [4.78, 5) is 4.91. The lowest BCUT2D eigenvalue weighted by atomic mass is 10.3. The van der Waals surface area contributed by atoms with E-state index in [1.807, 2.05) is 18.4 Å². The number of hydrogen-bond acceptors (Lipinski definition) is 5. The molecule has 6 heteroatoms. The van der Waals surface area contributed by atoms with Crippen molar-refractivity contribution in [3.05, 3.63) is 34.3 Å². The Morgan fingerprint density at radius 2 is 1.89 bits per heavy atom. The van der Waals surface area contributed by atoms with E-state index in [4.69, 9.17) is 9.47 Å². The van der Waals surface area contributed by atoms with Crippen molar-refractivity contribution in [1.82, 2.24) is 4.98 Å². The fraction of sp³-hybridized carbons (Fsp3) is 0.308. The molecule has 2 rings (SSSR count). The van der Waals surface area contributed by atoms with Crippen molar-refractivity contribution in [2.75, 3.05) is 14.2 Å². The molecule has 0 aliphatic heterocycles. The maximum absolute atomic E-state index is 12.5. The normalized spacial score (nSPS) is 12.2. The summed E-state index contributed by atoms with van der Waals surface area (Å²) < 4.78 is 23.0. The summed E-state index contributed by atoms with van der Waals surface area (Å²) >= 11 is 1.51. The van der Waals surface area contributed by atoms with Gasteiger partial charge in [0.25, 0.3) is 0 Å². The Balaban J connectivity index is 2.32. The Labute approximate surface area is 118 Å². The zero-order chi connectivity index (χ0) is 13.8.